The predicted molar refractivity (Wildman–Crippen MR) is 73.0 cm³/mol. The number of pyridine rings is 1. The van der Waals surface area contributed by atoms with Gasteiger partial charge in [0.05, 0.1) is 12.7 Å². The number of hydrogen-bond donors (Lipinski definition) is 2. The van der Waals surface area contributed by atoms with Gasteiger partial charge in [-0.1, -0.05) is 0 Å². The summed E-state index contributed by atoms with van der Waals surface area (Å²) in [5.74, 6) is -0.180. The van der Waals surface area contributed by atoms with Crippen molar-refractivity contribution in [1.82, 2.24) is 4.98 Å². The van der Waals surface area contributed by atoms with Gasteiger partial charge >= 0.3 is 6.18 Å². The number of benzene rings is 1. The maximum atomic E-state index is 12.6. The van der Waals surface area contributed by atoms with Crippen molar-refractivity contribution in [2.24, 2.45) is 0 Å². The highest BCUT2D eigenvalue weighted by Crippen LogP contribution is 2.29. The number of methoxy groups -OCH3 is 1. The first-order valence-electron chi connectivity index (χ1n) is 6.06. The topological polar surface area (TPSA) is 71.2 Å². The zero-order valence-electron chi connectivity index (χ0n) is 11.3. The highest BCUT2D eigenvalue weighted by atomic mass is 19.4. The number of alkyl halides is 3. The van der Waals surface area contributed by atoms with Crippen LogP contribution >= 0.6 is 0 Å². The molecular formula is C14H11F3N2O3. The molecule has 116 valence electrons. The van der Waals surface area contributed by atoms with Crippen LogP contribution in [-0.2, 0) is 6.18 Å². The lowest BCUT2D eigenvalue weighted by atomic mass is 10.2. The Balaban J connectivity index is 2.25. The van der Waals surface area contributed by atoms with Crippen LogP contribution in [0.1, 0.15) is 15.9 Å². The van der Waals surface area contributed by atoms with Gasteiger partial charge in [-0.15, -0.1) is 0 Å². The van der Waals surface area contributed by atoms with Crippen molar-refractivity contribution in [2.75, 3.05) is 12.4 Å². The Bertz CT molecular complexity index is 736. The third-order valence-electron chi connectivity index (χ3n) is 2.83. The molecule has 5 nitrogen and oxygen atoms in total. The van der Waals surface area contributed by atoms with Crippen molar-refractivity contribution in [1.29, 1.82) is 0 Å². The average molecular weight is 312 g/mol. The quantitative estimate of drug-likeness (QED) is 0.915. The largest absolute Gasteiger partial charge is 0.497 e. The van der Waals surface area contributed by atoms with Crippen LogP contribution in [-0.4, -0.2) is 18.0 Å². The molecule has 2 aromatic rings. The molecule has 1 amide bonds. The number of ether oxygens (including phenoxy) is 1. The standard InChI is InChI=1S/C14H11F3N2O3/c1-22-10-4-2-8(3-5-10)12(20)19-11-6-9(14(15,16)17)7-18-13(11)21/h2-7H,1H3,(H,18,21)(H,19,20). The molecule has 2 N–H and O–H groups in total. The van der Waals surface area contributed by atoms with Crippen LogP contribution in [0.5, 0.6) is 5.75 Å². The third-order valence-corrected chi connectivity index (χ3v) is 2.83. The second kappa shape index (κ2) is 5.92. The summed E-state index contributed by atoms with van der Waals surface area (Å²) in [6.07, 6.45) is -4.07. The molecular weight excluding hydrogens is 301 g/mol. The summed E-state index contributed by atoms with van der Waals surface area (Å²) in [5, 5.41) is 2.15. The van der Waals surface area contributed by atoms with Gasteiger partial charge in [0.15, 0.2) is 0 Å². The van der Waals surface area contributed by atoms with Gasteiger partial charge in [-0.25, -0.2) is 0 Å². The minimum absolute atomic E-state index is 0.178. The van der Waals surface area contributed by atoms with Crippen molar-refractivity contribution in [2.45, 2.75) is 6.18 Å². The molecule has 0 bridgehead atoms. The fraction of sp³-hybridized carbons (Fsp3) is 0.143. The summed E-state index contributed by atoms with van der Waals surface area (Å²) in [4.78, 5) is 25.4. The molecule has 22 heavy (non-hydrogen) atoms. The van der Waals surface area contributed by atoms with Gasteiger partial charge in [-0.2, -0.15) is 13.2 Å². The van der Waals surface area contributed by atoms with E-state index >= 15 is 0 Å². The summed E-state index contributed by atoms with van der Waals surface area (Å²) < 4.78 is 42.7. The monoisotopic (exact) mass is 312 g/mol. The van der Waals surface area contributed by atoms with E-state index in [9.17, 15) is 22.8 Å². The maximum Gasteiger partial charge on any atom is 0.417 e. The van der Waals surface area contributed by atoms with E-state index < -0.39 is 28.9 Å². The van der Waals surface area contributed by atoms with Crippen molar-refractivity contribution < 1.29 is 22.7 Å². The first kappa shape index (κ1) is 15.6. The number of hydrogen-bond acceptors (Lipinski definition) is 3. The van der Waals surface area contributed by atoms with Crippen molar-refractivity contribution >= 4 is 11.6 Å². The van der Waals surface area contributed by atoms with Crippen LogP contribution < -0.4 is 15.6 Å². The number of rotatable bonds is 3. The number of amides is 1. The van der Waals surface area contributed by atoms with Crippen LogP contribution in [0.2, 0.25) is 0 Å². The zero-order valence-corrected chi connectivity index (χ0v) is 11.3. The molecule has 2 rings (SSSR count). The summed E-state index contributed by atoms with van der Waals surface area (Å²) >= 11 is 0. The van der Waals surface area contributed by atoms with Gasteiger partial charge < -0.3 is 15.0 Å². The lowest BCUT2D eigenvalue weighted by molar-refractivity contribution is -0.137. The molecule has 1 aromatic heterocycles. The van der Waals surface area contributed by atoms with E-state index in [2.05, 4.69) is 5.32 Å². The van der Waals surface area contributed by atoms with Gasteiger partial charge in [0.25, 0.3) is 11.5 Å². The first-order chi connectivity index (χ1) is 10.3. The highest BCUT2D eigenvalue weighted by Gasteiger charge is 2.31. The summed E-state index contributed by atoms with van der Waals surface area (Å²) in [6, 6.07) is 6.47. The molecule has 0 aliphatic rings. The molecule has 0 spiro atoms. The lowest BCUT2D eigenvalue weighted by Gasteiger charge is -2.09. The molecule has 0 saturated heterocycles. The van der Waals surface area contributed by atoms with E-state index in [1.807, 2.05) is 4.98 Å². The number of carbonyl (C=O) groups is 1. The minimum atomic E-state index is -4.62. The van der Waals surface area contributed by atoms with E-state index in [1.165, 1.54) is 31.4 Å². The predicted octanol–water partition coefficient (Wildman–Crippen LogP) is 2.65. The van der Waals surface area contributed by atoms with Gasteiger partial charge in [-0.3, -0.25) is 9.59 Å². The Hall–Kier alpha value is -2.77. The van der Waals surface area contributed by atoms with Crippen molar-refractivity contribution in [3.63, 3.8) is 0 Å². The molecule has 8 heteroatoms. The molecule has 0 radical (unpaired) electrons. The number of H-pyrrole nitrogens is 1. The van der Waals surface area contributed by atoms with Gasteiger partial charge in [0.1, 0.15) is 11.4 Å². The molecule has 0 atom stereocenters. The molecule has 0 saturated carbocycles. The second-order valence-corrected chi connectivity index (χ2v) is 4.31. The van der Waals surface area contributed by atoms with Crippen molar-refractivity contribution in [3.8, 4) is 5.75 Å². The number of halogens is 3. The fourth-order valence-corrected chi connectivity index (χ4v) is 1.68. The van der Waals surface area contributed by atoms with E-state index in [1.54, 1.807) is 0 Å². The van der Waals surface area contributed by atoms with Crippen LogP contribution in [0.25, 0.3) is 0 Å². The van der Waals surface area contributed by atoms with Gasteiger partial charge in [0.2, 0.25) is 0 Å². The Morgan fingerprint density at radius 3 is 2.41 bits per heavy atom. The Morgan fingerprint density at radius 2 is 1.86 bits per heavy atom. The molecule has 0 aliphatic carbocycles. The number of carbonyl (C=O) groups excluding carboxylic acids is 1. The van der Waals surface area contributed by atoms with Crippen LogP contribution in [0.4, 0.5) is 18.9 Å². The van der Waals surface area contributed by atoms with E-state index in [0.717, 1.165) is 0 Å². The number of nitrogens with one attached hydrogen (secondary N) is 2. The fourth-order valence-electron chi connectivity index (χ4n) is 1.68. The van der Waals surface area contributed by atoms with E-state index in [4.69, 9.17) is 4.74 Å². The third kappa shape index (κ3) is 3.46. The van der Waals surface area contributed by atoms with Gasteiger partial charge in [-0.05, 0) is 30.3 Å². The Kier molecular flexibility index (Phi) is 4.20. The zero-order chi connectivity index (χ0) is 16.3. The highest BCUT2D eigenvalue weighted by molar-refractivity contribution is 6.04. The van der Waals surface area contributed by atoms with Crippen molar-refractivity contribution in [3.05, 3.63) is 58.0 Å². The summed E-state index contributed by atoms with van der Waals surface area (Å²) in [7, 11) is 1.46. The molecule has 0 aliphatic heterocycles. The summed E-state index contributed by atoms with van der Waals surface area (Å²) in [6.45, 7) is 0. The van der Waals surface area contributed by atoms with Gasteiger partial charge in [0, 0.05) is 11.8 Å². The average Bonchev–Trinajstić information content (AvgIpc) is 2.48. The Morgan fingerprint density at radius 1 is 1.23 bits per heavy atom. The van der Waals surface area contributed by atoms with Crippen LogP contribution in [0.3, 0.4) is 0 Å². The molecule has 0 unspecified atom stereocenters. The summed E-state index contributed by atoms with van der Waals surface area (Å²) in [5.41, 5.74) is -2.18. The SMILES string of the molecule is COc1ccc(C(=O)Nc2cc(C(F)(F)F)c[nH]c2=O)cc1. The molecule has 1 aromatic carbocycles. The number of aromatic amines is 1. The lowest BCUT2D eigenvalue weighted by Crippen LogP contribution is -2.21. The second-order valence-electron chi connectivity index (χ2n) is 4.31. The smallest absolute Gasteiger partial charge is 0.417 e. The maximum absolute atomic E-state index is 12.6. The number of anilines is 1. The normalized spacial score (nSPS) is 11.1. The van der Waals surface area contributed by atoms with E-state index in [-0.39, 0.29) is 5.56 Å². The number of aromatic nitrogens is 1. The van der Waals surface area contributed by atoms with Crippen LogP contribution in [0, 0.1) is 0 Å². The van der Waals surface area contributed by atoms with E-state index in [0.29, 0.717) is 18.0 Å². The minimum Gasteiger partial charge on any atom is -0.497 e. The first-order valence-corrected chi connectivity index (χ1v) is 6.06. The van der Waals surface area contributed by atoms with Crippen LogP contribution in [0.15, 0.2) is 41.3 Å². The Labute approximate surface area is 122 Å². The molecule has 0 fully saturated rings. The molecule has 1 heterocycles.